The van der Waals surface area contributed by atoms with Crippen molar-refractivity contribution in [3.8, 4) is 0 Å². The van der Waals surface area contributed by atoms with Gasteiger partial charge in [-0.15, -0.1) is 6.58 Å². The van der Waals surface area contributed by atoms with E-state index in [2.05, 4.69) is 66.4 Å². The van der Waals surface area contributed by atoms with Gasteiger partial charge in [-0.2, -0.15) is 0 Å². The number of fused-ring (bicyclic) bond motifs is 2. The summed E-state index contributed by atoms with van der Waals surface area (Å²) in [7, 11) is 0. The van der Waals surface area contributed by atoms with E-state index in [4.69, 9.17) is 0 Å². The molecule has 1 nitrogen and oxygen atoms in total. The van der Waals surface area contributed by atoms with Crippen LogP contribution in [0.25, 0.3) is 0 Å². The summed E-state index contributed by atoms with van der Waals surface area (Å²) < 4.78 is 15.0. The third-order valence-electron chi connectivity index (χ3n) is 6.34. The van der Waals surface area contributed by atoms with Crippen molar-refractivity contribution in [1.82, 2.24) is 4.90 Å². The fourth-order valence-electron chi connectivity index (χ4n) is 5.40. The van der Waals surface area contributed by atoms with Crippen LogP contribution < -0.4 is 0 Å². The van der Waals surface area contributed by atoms with Gasteiger partial charge >= 0.3 is 0 Å². The Morgan fingerprint density at radius 2 is 2.00 bits per heavy atom. The second kappa shape index (κ2) is 6.86. The second-order valence-corrected chi connectivity index (χ2v) is 9.81. The molecule has 0 radical (unpaired) electrons. The highest BCUT2D eigenvalue weighted by Gasteiger charge is 2.53. The summed E-state index contributed by atoms with van der Waals surface area (Å²) in [6.07, 6.45) is 2.10. The molecule has 3 aliphatic rings. The first-order valence-corrected chi connectivity index (χ1v) is 10.5. The number of benzene rings is 2. The number of halogens is 2. The molecule has 5 rings (SSSR count). The van der Waals surface area contributed by atoms with Gasteiger partial charge in [0.25, 0.3) is 0 Å². The van der Waals surface area contributed by atoms with E-state index in [0.29, 0.717) is 18.0 Å². The van der Waals surface area contributed by atoms with Crippen LogP contribution in [0.15, 0.2) is 59.1 Å². The van der Waals surface area contributed by atoms with E-state index in [9.17, 15) is 4.39 Å². The highest BCUT2D eigenvalue weighted by Crippen LogP contribution is 2.61. The molecule has 3 heteroatoms. The first-order chi connectivity index (χ1) is 12.8. The molecule has 27 heavy (non-hydrogen) atoms. The number of hydrogen-bond acceptors (Lipinski definition) is 1. The molecule has 0 spiro atoms. The summed E-state index contributed by atoms with van der Waals surface area (Å²) in [6, 6.07) is 14.4. The van der Waals surface area contributed by atoms with Gasteiger partial charge in [0.1, 0.15) is 5.82 Å². The van der Waals surface area contributed by atoms with Crippen LogP contribution in [0.1, 0.15) is 62.3 Å². The first kappa shape index (κ1) is 18.9. The molecule has 1 saturated heterocycles. The van der Waals surface area contributed by atoms with E-state index < -0.39 is 0 Å². The molecule has 3 atom stereocenters. The van der Waals surface area contributed by atoms with E-state index >= 15 is 0 Å². The molecule has 0 N–H and O–H groups in total. The molecule has 0 aromatic heterocycles. The van der Waals surface area contributed by atoms with Crippen molar-refractivity contribution < 1.29 is 4.39 Å². The van der Waals surface area contributed by atoms with Crippen molar-refractivity contribution in [3.63, 3.8) is 0 Å². The van der Waals surface area contributed by atoms with Gasteiger partial charge in [-0.25, -0.2) is 4.39 Å². The van der Waals surface area contributed by atoms with Gasteiger partial charge in [-0.1, -0.05) is 59.6 Å². The number of hydrogen-bond donors (Lipinski definition) is 0. The van der Waals surface area contributed by atoms with Gasteiger partial charge < -0.3 is 0 Å². The maximum atomic E-state index is 13.8. The lowest BCUT2D eigenvalue weighted by atomic mass is 9.57. The van der Waals surface area contributed by atoms with Crippen molar-refractivity contribution in [3.05, 3.63) is 81.6 Å². The van der Waals surface area contributed by atoms with Crippen LogP contribution in [0.4, 0.5) is 4.39 Å². The maximum Gasteiger partial charge on any atom is 0.123 e. The smallest absolute Gasteiger partial charge is 0.123 e. The van der Waals surface area contributed by atoms with Gasteiger partial charge in [0.15, 0.2) is 0 Å². The summed E-state index contributed by atoms with van der Waals surface area (Å²) in [6.45, 7) is 11.9. The maximum absolute atomic E-state index is 13.8. The van der Waals surface area contributed by atoms with Gasteiger partial charge in [0.2, 0.25) is 0 Å². The van der Waals surface area contributed by atoms with Crippen molar-refractivity contribution in [2.45, 2.75) is 58.2 Å². The molecule has 0 amide bonds. The predicted molar refractivity (Wildman–Crippen MR) is 113 cm³/mol. The SMILES string of the molecule is C=C(C)C[C@H]1[C@H]2c3c(Br)cccc3[C@H](CC2(C)C)N1Cc1cccc(F)c1. The Balaban J connectivity index is 1.82. The highest BCUT2D eigenvalue weighted by molar-refractivity contribution is 9.10. The minimum absolute atomic E-state index is 0.158. The molecule has 2 heterocycles. The Bertz CT molecular complexity index is 888. The monoisotopic (exact) mass is 427 g/mol. The zero-order valence-corrected chi connectivity index (χ0v) is 17.9. The van der Waals surface area contributed by atoms with E-state index in [-0.39, 0.29) is 11.2 Å². The molecule has 2 bridgehead atoms. The van der Waals surface area contributed by atoms with Crippen LogP contribution in [0.2, 0.25) is 0 Å². The molecular formula is C24H27BrFN. The summed E-state index contributed by atoms with van der Waals surface area (Å²) in [5, 5.41) is 0. The van der Waals surface area contributed by atoms with Crippen LogP contribution >= 0.6 is 15.9 Å². The molecule has 2 aliphatic heterocycles. The normalized spacial score (nSPS) is 26.0. The second-order valence-electron chi connectivity index (χ2n) is 8.96. The van der Waals surface area contributed by atoms with Crippen LogP contribution in [-0.2, 0) is 6.54 Å². The number of nitrogens with zero attached hydrogens (tertiary/aromatic N) is 1. The van der Waals surface area contributed by atoms with E-state index in [1.54, 1.807) is 6.07 Å². The Morgan fingerprint density at radius 1 is 1.26 bits per heavy atom. The highest BCUT2D eigenvalue weighted by atomic mass is 79.9. The average molecular weight is 428 g/mol. The largest absolute Gasteiger partial charge is 0.288 e. The lowest BCUT2D eigenvalue weighted by Crippen LogP contribution is -2.56. The molecule has 0 saturated carbocycles. The van der Waals surface area contributed by atoms with Crippen LogP contribution in [-0.4, -0.2) is 10.9 Å². The Kier molecular flexibility index (Phi) is 4.80. The van der Waals surface area contributed by atoms with Crippen molar-refractivity contribution in [2.24, 2.45) is 5.41 Å². The van der Waals surface area contributed by atoms with Crippen molar-refractivity contribution in [2.75, 3.05) is 0 Å². The Hall–Kier alpha value is -1.45. The summed E-state index contributed by atoms with van der Waals surface area (Å²) in [5.74, 6) is 0.271. The summed E-state index contributed by atoms with van der Waals surface area (Å²) in [4.78, 5) is 2.61. The third kappa shape index (κ3) is 3.30. The van der Waals surface area contributed by atoms with Gasteiger partial charge in [0, 0.05) is 29.0 Å². The molecular weight excluding hydrogens is 401 g/mol. The lowest BCUT2D eigenvalue weighted by Gasteiger charge is -2.60. The van der Waals surface area contributed by atoms with E-state index in [1.807, 2.05) is 12.1 Å². The van der Waals surface area contributed by atoms with E-state index in [1.165, 1.54) is 27.2 Å². The van der Waals surface area contributed by atoms with Gasteiger partial charge in [-0.05, 0) is 60.1 Å². The van der Waals surface area contributed by atoms with Crippen LogP contribution in [0, 0.1) is 11.2 Å². The van der Waals surface area contributed by atoms with Gasteiger partial charge in [0.05, 0.1) is 0 Å². The predicted octanol–water partition coefficient (Wildman–Crippen LogP) is 6.99. The molecule has 1 fully saturated rings. The fraction of sp³-hybridized carbons (Fsp3) is 0.417. The molecule has 142 valence electrons. The molecule has 0 unspecified atom stereocenters. The standard InChI is InChI=1S/C24H27BrFN/c1-15(2)11-20-23-22-18(9-6-10-19(22)25)21(13-24(23,3)4)27(20)14-16-7-5-8-17(26)12-16/h5-10,12,20-21,23H,1,11,13-14H2,2-4H3/t20-,21-,23-/m0/s1. The Labute approximate surface area is 170 Å². The minimum atomic E-state index is -0.158. The zero-order valence-electron chi connectivity index (χ0n) is 16.3. The molecule has 1 aliphatic carbocycles. The minimum Gasteiger partial charge on any atom is -0.288 e. The quantitative estimate of drug-likeness (QED) is 0.474. The number of rotatable bonds is 4. The van der Waals surface area contributed by atoms with Crippen molar-refractivity contribution in [1.29, 1.82) is 0 Å². The molecule has 2 aromatic rings. The number of piperidine rings is 1. The average Bonchev–Trinajstić information content (AvgIpc) is 2.57. The molecule has 2 aromatic carbocycles. The van der Waals surface area contributed by atoms with Crippen LogP contribution in [0.5, 0.6) is 0 Å². The summed E-state index contributed by atoms with van der Waals surface area (Å²) in [5.41, 5.74) is 5.38. The summed E-state index contributed by atoms with van der Waals surface area (Å²) >= 11 is 3.83. The van der Waals surface area contributed by atoms with Gasteiger partial charge in [-0.3, -0.25) is 4.90 Å². The Morgan fingerprint density at radius 3 is 2.70 bits per heavy atom. The lowest BCUT2D eigenvalue weighted by molar-refractivity contribution is -0.0317. The zero-order chi connectivity index (χ0) is 19.3. The van der Waals surface area contributed by atoms with E-state index in [0.717, 1.165) is 24.9 Å². The first-order valence-electron chi connectivity index (χ1n) is 9.71. The third-order valence-corrected chi connectivity index (χ3v) is 7.03. The fourth-order valence-corrected chi connectivity index (χ4v) is 6.02. The topological polar surface area (TPSA) is 3.24 Å². The van der Waals surface area contributed by atoms with Crippen molar-refractivity contribution >= 4 is 15.9 Å². The van der Waals surface area contributed by atoms with Crippen LogP contribution in [0.3, 0.4) is 0 Å².